The first-order valence-corrected chi connectivity index (χ1v) is 13.0. The largest absolute Gasteiger partial charge is 0.255 e. The highest BCUT2D eigenvalue weighted by atomic mass is 15.4. The molecule has 2 aliphatic carbocycles. The van der Waals surface area contributed by atoms with Crippen LogP contribution in [-0.4, -0.2) is 12.1 Å². The van der Waals surface area contributed by atoms with Gasteiger partial charge in [0.1, 0.15) is 0 Å². The standard InChI is InChI=1S/C25H50N2/c1-2-4-8-12-16-20-24(21-17-13-9-5-3-1)26-27-25-22-18-14-10-6-7-11-15-19-23-25/h24-27H,1-23H2. The fraction of sp³-hybridized carbons (Fsp3) is 1.00. The summed E-state index contributed by atoms with van der Waals surface area (Å²) in [6.07, 6.45) is 33.1. The lowest BCUT2D eigenvalue weighted by Gasteiger charge is -2.25. The molecule has 2 fully saturated rings. The van der Waals surface area contributed by atoms with E-state index in [2.05, 4.69) is 10.9 Å². The SMILES string of the molecule is C1CCCCCCC(NNC2CCCCCCCCCC2)CCCCCC1. The van der Waals surface area contributed by atoms with Crippen molar-refractivity contribution in [1.82, 2.24) is 10.9 Å². The zero-order valence-corrected chi connectivity index (χ0v) is 18.4. The van der Waals surface area contributed by atoms with E-state index in [0.29, 0.717) is 12.1 Å². The predicted molar refractivity (Wildman–Crippen MR) is 120 cm³/mol. The monoisotopic (exact) mass is 378 g/mol. The molecule has 0 bridgehead atoms. The molecule has 0 spiro atoms. The third-order valence-corrected chi connectivity index (χ3v) is 6.95. The molecule has 0 aromatic heterocycles. The van der Waals surface area contributed by atoms with Crippen LogP contribution in [0.25, 0.3) is 0 Å². The lowest BCUT2D eigenvalue weighted by molar-refractivity contribution is 0.304. The van der Waals surface area contributed by atoms with Gasteiger partial charge in [-0.05, 0) is 25.7 Å². The van der Waals surface area contributed by atoms with Gasteiger partial charge in [0, 0.05) is 12.1 Å². The van der Waals surface area contributed by atoms with E-state index in [4.69, 9.17) is 0 Å². The minimum atomic E-state index is 0.700. The summed E-state index contributed by atoms with van der Waals surface area (Å²) in [6.45, 7) is 0. The number of hydrogen-bond donors (Lipinski definition) is 2. The van der Waals surface area contributed by atoms with E-state index in [0.717, 1.165) is 0 Å². The van der Waals surface area contributed by atoms with Crippen LogP contribution in [0, 0.1) is 0 Å². The first-order chi connectivity index (χ1) is 13.4. The summed E-state index contributed by atoms with van der Waals surface area (Å²) in [4.78, 5) is 0. The van der Waals surface area contributed by atoms with Crippen LogP contribution < -0.4 is 10.9 Å². The van der Waals surface area contributed by atoms with Crippen molar-refractivity contribution in [2.24, 2.45) is 0 Å². The maximum absolute atomic E-state index is 3.82. The highest BCUT2D eigenvalue weighted by Gasteiger charge is 2.13. The molecule has 0 heterocycles. The highest BCUT2D eigenvalue weighted by Crippen LogP contribution is 2.19. The quantitative estimate of drug-likeness (QED) is 0.489. The second kappa shape index (κ2) is 16.8. The Kier molecular flexibility index (Phi) is 14.5. The molecule has 0 radical (unpaired) electrons. The van der Waals surface area contributed by atoms with Crippen molar-refractivity contribution in [1.29, 1.82) is 0 Å². The summed E-state index contributed by atoms with van der Waals surface area (Å²) in [5.41, 5.74) is 7.63. The average Bonchev–Trinajstić information content (AvgIpc) is 2.74. The van der Waals surface area contributed by atoms with Crippen molar-refractivity contribution in [3.8, 4) is 0 Å². The lowest BCUT2D eigenvalue weighted by Crippen LogP contribution is -2.46. The second-order valence-corrected chi connectivity index (χ2v) is 9.55. The van der Waals surface area contributed by atoms with Gasteiger partial charge in [0.25, 0.3) is 0 Å². The Balaban J connectivity index is 1.70. The Bertz CT molecular complexity index is 291. The summed E-state index contributed by atoms with van der Waals surface area (Å²) >= 11 is 0. The molecule has 0 aromatic carbocycles. The minimum absolute atomic E-state index is 0.700. The van der Waals surface area contributed by atoms with Crippen LogP contribution in [0.3, 0.4) is 0 Å². The van der Waals surface area contributed by atoms with Crippen molar-refractivity contribution < 1.29 is 0 Å². The van der Waals surface area contributed by atoms with Gasteiger partial charge in [-0.25, -0.2) is 0 Å². The smallest absolute Gasteiger partial charge is 0.0213 e. The van der Waals surface area contributed by atoms with Crippen LogP contribution in [0.5, 0.6) is 0 Å². The highest BCUT2D eigenvalue weighted by molar-refractivity contribution is 4.71. The number of rotatable bonds is 3. The van der Waals surface area contributed by atoms with E-state index in [-0.39, 0.29) is 0 Å². The Labute approximate surface area is 171 Å². The Morgan fingerprint density at radius 3 is 0.667 bits per heavy atom. The van der Waals surface area contributed by atoms with E-state index >= 15 is 0 Å². The minimum Gasteiger partial charge on any atom is -0.255 e. The van der Waals surface area contributed by atoms with Gasteiger partial charge in [0.05, 0.1) is 0 Å². The third kappa shape index (κ3) is 12.9. The first-order valence-electron chi connectivity index (χ1n) is 13.0. The van der Waals surface area contributed by atoms with Crippen molar-refractivity contribution in [2.75, 3.05) is 0 Å². The molecule has 0 saturated heterocycles. The fourth-order valence-electron chi connectivity index (χ4n) is 5.03. The molecule has 2 aliphatic rings. The molecule has 2 saturated carbocycles. The summed E-state index contributed by atoms with van der Waals surface area (Å²) in [6, 6.07) is 1.40. The predicted octanol–water partition coefficient (Wildman–Crippen LogP) is 7.82. The van der Waals surface area contributed by atoms with Crippen LogP contribution in [0.1, 0.15) is 148 Å². The van der Waals surface area contributed by atoms with Gasteiger partial charge in [-0.3, -0.25) is 10.9 Å². The zero-order valence-electron chi connectivity index (χ0n) is 18.4. The Hall–Kier alpha value is -0.0800. The molecule has 27 heavy (non-hydrogen) atoms. The molecule has 0 amide bonds. The molecule has 2 nitrogen and oxygen atoms in total. The van der Waals surface area contributed by atoms with Gasteiger partial charge in [-0.2, -0.15) is 0 Å². The summed E-state index contributed by atoms with van der Waals surface area (Å²) in [5, 5.41) is 0. The van der Waals surface area contributed by atoms with Gasteiger partial charge in [-0.15, -0.1) is 0 Å². The molecule has 0 atom stereocenters. The van der Waals surface area contributed by atoms with Crippen LogP contribution in [-0.2, 0) is 0 Å². The van der Waals surface area contributed by atoms with Crippen molar-refractivity contribution in [3.63, 3.8) is 0 Å². The molecule has 2 rings (SSSR count). The van der Waals surface area contributed by atoms with E-state index in [1.807, 2.05) is 0 Å². The molecule has 2 N–H and O–H groups in total. The maximum Gasteiger partial charge on any atom is 0.0213 e. The molecule has 2 heteroatoms. The Morgan fingerprint density at radius 1 is 0.259 bits per heavy atom. The Morgan fingerprint density at radius 2 is 0.444 bits per heavy atom. The fourth-order valence-corrected chi connectivity index (χ4v) is 5.03. The van der Waals surface area contributed by atoms with E-state index in [1.54, 1.807) is 0 Å². The van der Waals surface area contributed by atoms with E-state index in [1.165, 1.54) is 148 Å². The molecule has 160 valence electrons. The normalized spacial score (nSPS) is 25.3. The maximum atomic E-state index is 3.82. The first kappa shape index (κ1) is 23.2. The van der Waals surface area contributed by atoms with Gasteiger partial charge < -0.3 is 0 Å². The van der Waals surface area contributed by atoms with Crippen molar-refractivity contribution in [3.05, 3.63) is 0 Å². The molecule has 0 aromatic rings. The third-order valence-electron chi connectivity index (χ3n) is 6.95. The van der Waals surface area contributed by atoms with Gasteiger partial charge in [0.15, 0.2) is 0 Å². The van der Waals surface area contributed by atoms with E-state index in [9.17, 15) is 0 Å². The van der Waals surface area contributed by atoms with Gasteiger partial charge >= 0.3 is 0 Å². The summed E-state index contributed by atoms with van der Waals surface area (Å²) in [5.74, 6) is 0. The average molecular weight is 379 g/mol. The lowest BCUT2D eigenvalue weighted by atomic mass is 9.98. The van der Waals surface area contributed by atoms with Crippen molar-refractivity contribution in [2.45, 2.75) is 160 Å². The number of hydrogen-bond acceptors (Lipinski definition) is 2. The molecule has 0 aliphatic heterocycles. The van der Waals surface area contributed by atoms with Gasteiger partial charge in [-0.1, -0.05) is 122 Å². The second-order valence-electron chi connectivity index (χ2n) is 9.55. The van der Waals surface area contributed by atoms with Crippen LogP contribution >= 0.6 is 0 Å². The van der Waals surface area contributed by atoms with Crippen LogP contribution in [0.2, 0.25) is 0 Å². The topological polar surface area (TPSA) is 24.1 Å². The van der Waals surface area contributed by atoms with Crippen LogP contribution in [0.4, 0.5) is 0 Å². The van der Waals surface area contributed by atoms with Crippen LogP contribution in [0.15, 0.2) is 0 Å². The molecular weight excluding hydrogens is 328 g/mol. The van der Waals surface area contributed by atoms with E-state index < -0.39 is 0 Å². The molecular formula is C25H50N2. The molecule has 0 unspecified atom stereocenters. The number of nitrogens with one attached hydrogen (secondary N) is 2. The summed E-state index contributed by atoms with van der Waals surface area (Å²) < 4.78 is 0. The van der Waals surface area contributed by atoms with Crippen molar-refractivity contribution >= 4 is 0 Å². The van der Waals surface area contributed by atoms with Gasteiger partial charge in [0.2, 0.25) is 0 Å². The number of hydrazine groups is 1. The zero-order chi connectivity index (χ0) is 18.8. The summed E-state index contributed by atoms with van der Waals surface area (Å²) in [7, 11) is 0.